The molecule has 0 radical (unpaired) electrons. The van der Waals surface area contributed by atoms with Gasteiger partial charge in [-0.2, -0.15) is 13.2 Å². The number of halogens is 3. The molecule has 1 atom stereocenters. The molecule has 4 rings (SSSR count). The Morgan fingerprint density at radius 2 is 1.74 bits per heavy atom. The van der Waals surface area contributed by atoms with Crippen molar-refractivity contribution >= 4 is 16.0 Å². The molecule has 0 amide bonds. The van der Waals surface area contributed by atoms with Crippen LogP contribution >= 0.6 is 0 Å². The summed E-state index contributed by atoms with van der Waals surface area (Å²) in [6.07, 6.45) is -3.42. The lowest BCUT2D eigenvalue weighted by molar-refractivity contribution is -0.143. The molecule has 1 aliphatic carbocycles. The maximum Gasteiger partial charge on any atom is 0.417 e. The average molecular weight is 560 g/mol. The molecule has 3 aromatic rings. The standard InChI is InChI=1S/C30H32F3NO4S/c1-4-38-29(35)14-10-20-9-11-21-16-24(17-23(21)15-20)34-39(36,37)28-13-12-22(18-27(28)30(31,32)33)26-8-6-5-7-25(26)19(2)3/h5-9,11-13,15,18-19,24,34H,4,10,14,16-17H2,1-3H3. The van der Waals surface area contributed by atoms with Gasteiger partial charge in [-0.15, -0.1) is 0 Å². The van der Waals surface area contributed by atoms with Gasteiger partial charge in [0.25, 0.3) is 0 Å². The number of alkyl halides is 3. The van der Waals surface area contributed by atoms with Gasteiger partial charge in [0.2, 0.25) is 10.0 Å². The molecule has 1 unspecified atom stereocenters. The van der Waals surface area contributed by atoms with Gasteiger partial charge in [0.05, 0.1) is 17.1 Å². The average Bonchev–Trinajstić information content (AvgIpc) is 3.27. The first-order valence-corrected chi connectivity index (χ1v) is 14.5. The third-order valence-corrected chi connectivity index (χ3v) is 8.50. The van der Waals surface area contributed by atoms with E-state index in [0.29, 0.717) is 37.0 Å². The quantitative estimate of drug-likeness (QED) is 0.307. The van der Waals surface area contributed by atoms with E-state index in [1.165, 1.54) is 6.07 Å². The Morgan fingerprint density at radius 1 is 1.03 bits per heavy atom. The number of hydrogen-bond donors (Lipinski definition) is 1. The van der Waals surface area contributed by atoms with E-state index in [0.717, 1.165) is 34.4 Å². The molecule has 1 aliphatic rings. The molecule has 0 bridgehead atoms. The molecule has 0 fully saturated rings. The van der Waals surface area contributed by atoms with E-state index in [1.54, 1.807) is 19.1 Å². The van der Waals surface area contributed by atoms with Crippen molar-refractivity contribution in [3.8, 4) is 11.1 Å². The first-order chi connectivity index (χ1) is 18.4. The topological polar surface area (TPSA) is 72.5 Å². The van der Waals surface area contributed by atoms with E-state index in [9.17, 15) is 26.4 Å². The van der Waals surface area contributed by atoms with Gasteiger partial charge in [0.15, 0.2) is 0 Å². The first-order valence-electron chi connectivity index (χ1n) is 13.0. The Kier molecular flexibility index (Phi) is 8.51. The summed E-state index contributed by atoms with van der Waals surface area (Å²) >= 11 is 0. The molecule has 0 heterocycles. The zero-order chi connectivity index (χ0) is 28.4. The summed E-state index contributed by atoms with van der Waals surface area (Å²) in [5, 5.41) is 0. The number of hydrogen-bond acceptors (Lipinski definition) is 4. The molecule has 208 valence electrons. The zero-order valence-electron chi connectivity index (χ0n) is 22.1. The minimum atomic E-state index is -4.86. The Balaban J connectivity index is 1.56. The van der Waals surface area contributed by atoms with Crippen molar-refractivity contribution < 1.29 is 31.1 Å². The summed E-state index contributed by atoms with van der Waals surface area (Å²) in [6, 6.07) is 15.7. The number of nitrogens with one attached hydrogen (secondary N) is 1. The van der Waals surface area contributed by atoms with Gasteiger partial charge < -0.3 is 4.74 Å². The lowest BCUT2D eigenvalue weighted by Crippen LogP contribution is -2.36. The highest BCUT2D eigenvalue weighted by Crippen LogP contribution is 2.39. The summed E-state index contributed by atoms with van der Waals surface area (Å²) in [5.41, 5.74) is 3.41. The van der Waals surface area contributed by atoms with Crippen LogP contribution in [0.15, 0.2) is 65.6 Å². The van der Waals surface area contributed by atoms with E-state index in [1.807, 2.05) is 44.2 Å². The van der Waals surface area contributed by atoms with Gasteiger partial charge in [-0.05, 0) is 77.6 Å². The molecule has 9 heteroatoms. The number of aryl methyl sites for hydroxylation is 1. The minimum Gasteiger partial charge on any atom is -0.466 e. The maximum absolute atomic E-state index is 14.2. The van der Waals surface area contributed by atoms with Gasteiger partial charge in [-0.1, -0.05) is 62.4 Å². The molecule has 0 aliphatic heterocycles. The Bertz CT molecular complexity index is 1470. The number of esters is 1. The zero-order valence-corrected chi connectivity index (χ0v) is 23.0. The Labute approximate surface area is 227 Å². The second kappa shape index (κ2) is 11.5. The van der Waals surface area contributed by atoms with Crippen molar-refractivity contribution in [2.45, 2.75) is 69.5 Å². The van der Waals surface area contributed by atoms with Crippen molar-refractivity contribution in [2.75, 3.05) is 6.61 Å². The molecule has 0 saturated heterocycles. The van der Waals surface area contributed by atoms with Crippen molar-refractivity contribution in [2.24, 2.45) is 0 Å². The molecule has 0 saturated carbocycles. The molecule has 5 nitrogen and oxygen atoms in total. The van der Waals surface area contributed by atoms with Crippen LogP contribution in [-0.2, 0) is 45.0 Å². The number of ether oxygens (including phenoxy) is 1. The van der Waals surface area contributed by atoms with Crippen molar-refractivity contribution in [3.63, 3.8) is 0 Å². The summed E-state index contributed by atoms with van der Waals surface area (Å²) in [6.45, 7) is 5.96. The van der Waals surface area contributed by atoms with Crippen LogP contribution in [0.2, 0.25) is 0 Å². The van der Waals surface area contributed by atoms with Crippen molar-refractivity contribution in [1.29, 1.82) is 0 Å². The predicted molar refractivity (Wildman–Crippen MR) is 144 cm³/mol. The highest BCUT2D eigenvalue weighted by Gasteiger charge is 2.39. The van der Waals surface area contributed by atoms with Crippen molar-refractivity contribution in [3.05, 3.63) is 88.5 Å². The third kappa shape index (κ3) is 6.70. The Hall–Kier alpha value is -3.17. The van der Waals surface area contributed by atoms with Crippen molar-refractivity contribution in [1.82, 2.24) is 4.72 Å². The van der Waals surface area contributed by atoms with Gasteiger partial charge >= 0.3 is 12.1 Å². The molecular weight excluding hydrogens is 527 g/mol. The smallest absolute Gasteiger partial charge is 0.417 e. The van der Waals surface area contributed by atoms with Gasteiger partial charge in [-0.25, -0.2) is 13.1 Å². The highest BCUT2D eigenvalue weighted by atomic mass is 32.2. The largest absolute Gasteiger partial charge is 0.466 e. The number of carbonyl (C=O) groups excluding carboxylic acids is 1. The minimum absolute atomic E-state index is 0.0790. The molecule has 3 aromatic carbocycles. The fourth-order valence-electron chi connectivity index (χ4n) is 5.09. The lowest BCUT2D eigenvalue weighted by atomic mass is 9.92. The fourth-order valence-corrected chi connectivity index (χ4v) is 6.53. The lowest BCUT2D eigenvalue weighted by Gasteiger charge is -2.19. The van der Waals surface area contributed by atoms with Crippen LogP contribution < -0.4 is 4.72 Å². The monoisotopic (exact) mass is 559 g/mol. The van der Waals surface area contributed by atoms with Crippen LogP contribution in [0.3, 0.4) is 0 Å². The summed E-state index contributed by atoms with van der Waals surface area (Å²) in [4.78, 5) is 10.9. The van der Waals surface area contributed by atoms with Crippen LogP contribution in [0.4, 0.5) is 13.2 Å². The number of carbonyl (C=O) groups is 1. The summed E-state index contributed by atoms with van der Waals surface area (Å²) in [7, 11) is -4.47. The number of rotatable bonds is 9. The number of sulfonamides is 1. The van der Waals surface area contributed by atoms with Crippen LogP contribution in [0.25, 0.3) is 11.1 Å². The second-order valence-electron chi connectivity index (χ2n) is 10.1. The van der Waals surface area contributed by atoms with Gasteiger partial charge in [0, 0.05) is 12.5 Å². The van der Waals surface area contributed by atoms with Crippen LogP contribution in [0.5, 0.6) is 0 Å². The highest BCUT2D eigenvalue weighted by molar-refractivity contribution is 7.89. The predicted octanol–water partition coefficient (Wildman–Crippen LogP) is 6.44. The van der Waals surface area contributed by atoms with Crippen LogP contribution in [0, 0.1) is 0 Å². The summed E-state index contributed by atoms with van der Waals surface area (Å²) in [5.74, 6) is -0.210. The van der Waals surface area contributed by atoms with Gasteiger partial charge in [-0.3, -0.25) is 4.79 Å². The van der Waals surface area contributed by atoms with Crippen LogP contribution in [0.1, 0.15) is 60.9 Å². The molecule has 0 spiro atoms. The first kappa shape index (κ1) is 28.8. The molecule has 39 heavy (non-hydrogen) atoms. The van der Waals surface area contributed by atoms with E-state index in [2.05, 4.69) is 4.72 Å². The SMILES string of the molecule is CCOC(=O)CCc1ccc2c(c1)CC(NS(=O)(=O)c1ccc(-c3ccccc3C(C)C)cc1C(F)(F)F)C2. The fraction of sp³-hybridized carbons (Fsp3) is 0.367. The van der Waals surface area contributed by atoms with E-state index in [4.69, 9.17) is 4.74 Å². The third-order valence-electron chi connectivity index (χ3n) is 6.92. The molecule has 0 aromatic heterocycles. The van der Waals surface area contributed by atoms with E-state index < -0.39 is 32.7 Å². The van der Waals surface area contributed by atoms with Gasteiger partial charge in [0.1, 0.15) is 0 Å². The molecular formula is C30H32F3NO4S. The number of fused-ring (bicyclic) bond motifs is 1. The van der Waals surface area contributed by atoms with E-state index >= 15 is 0 Å². The van der Waals surface area contributed by atoms with Crippen LogP contribution in [-0.4, -0.2) is 27.0 Å². The Morgan fingerprint density at radius 3 is 2.44 bits per heavy atom. The number of benzene rings is 3. The maximum atomic E-state index is 14.2. The summed E-state index contributed by atoms with van der Waals surface area (Å²) < 4.78 is 76.5. The molecule has 1 N–H and O–H groups in total. The normalized spacial score (nSPS) is 15.4. The van der Waals surface area contributed by atoms with E-state index in [-0.39, 0.29) is 18.3 Å². The second-order valence-corrected chi connectivity index (χ2v) is 11.8.